The van der Waals surface area contributed by atoms with Gasteiger partial charge in [0, 0.05) is 12.1 Å². The average Bonchev–Trinajstić information content (AvgIpc) is 2.68. The van der Waals surface area contributed by atoms with Crippen molar-refractivity contribution in [2.24, 2.45) is 4.99 Å². The van der Waals surface area contributed by atoms with Crippen LogP contribution in [0.5, 0.6) is 0 Å². The number of benzene rings is 2. The quantitative estimate of drug-likeness (QED) is 0.430. The van der Waals surface area contributed by atoms with Gasteiger partial charge in [0.05, 0.1) is 17.0 Å². The molecule has 2 aliphatic heterocycles. The summed E-state index contributed by atoms with van der Waals surface area (Å²) in [5, 5.41) is 11.5. The summed E-state index contributed by atoms with van der Waals surface area (Å²) in [4.78, 5) is 17.4. The number of nitro benzene ring substituents is 1. The summed E-state index contributed by atoms with van der Waals surface area (Å²) in [5.74, 6) is 0.806. The Hall–Kier alpha value is -2.92. The monoisotopic (exact) mass is 365 g/mol. The van der Waals surface area contributed by atoms with Gasteiger partial charge in [0.15, 0.2) is 0 Å². The first kappa shape index (κ1) is 16.5. The highest BCUT2D eigenvalue weighted by Gasteiger charge is 2.34. The zero-order valence-electron chi connectivity index (χ0n) is 13.8. The molecule has 130 valence electrons. The van der Waals surface area contributed by atoms with E-state index in [2.05, 4.69) is 12.1 Å². The van der Waals surface area contributed by atoms with Crippen LogP contribution >= 0.6 is 11.6 Å². The van der Waals surface area contributed by atoms with E-state index in [1.807, 2.05) is 41.3 Å². The lowest BCUT2D eigenvalue weighted by Crippen LogP contribution is -2.37. The number of nitrogens with zero attached hydrogens (tertiary/aromatic N) is 3. The molecule has 0 saturated carbocycles. The van der Waals surface area contributed by atoms with E-state index in [0.29, 0.717) is 5.16 Å². The third kappa shape index (κ3) is 3.02. The van der Waals surface area contributed by atoms with Gasteiger partial charge in [-0.05, 0) is 29.7 Å². The van der Waals surface area contributed by atoms with Crippen LogP contribution in [0.3, 0.4) is 0 Å². The second kappa shape index (κ2) is 6.77. The number of amidine groups is 1. The van der Waals surface area contributed by atoms with Crippen molar-refractivity contribution in [3.8, 4) is 0 Å². The summed E-state index contributed by atoms with van der Waals surface area (Å²) >= 11 is 6.46. The molecular formula is C20H16ClN3O2. The number of hydrogen-bond acceptors (Lipinski definition) is 4. The van der Waals surface area contributed by atoms with E-state index in [1.54, 1.807) is 12.1 Å². The maximum Gasteiger partial charge on any atom is 0.269 e. The third-order valence-corrected chi connectivity index (χ3v) is 4.98. The van der Waals surface area contributed by atoms with Crippen molar-refractivity contribution in [2.45, 2.75) is 18.5 Å². The zero-order chi connectivity index (χ0) is 18.1. The molecule has 0 amide bonds. The zero-order valence-corrected chi connectivity index (χ0v) is 14.6. The Morgan fingerprint density at radius 2 is 1.81 bits per heavy atom. The van der Waals surface area contributed by atoms with Crippen LogP contribution in [-0.2, 0) is 0 Å². The third-order valence-electron chi connectivity index (χ3n) is 4.68. The number of nitro groups is 1. The van der Waals surface area contributed by atoms with Crippen molar-refractivity contribution < 1.29 is 4.92 Å². The minimum Gasteiger partial charge on any atom is -0.309 e. The van der Waals surface area contributed by atoms with Crippen LogP contribution in [0.4, 0.5) is 5.69 Å². The fraction of sp³-hybridized carbons (Fsp3) is 0.150. The molecule has 2 unspecified atom stereocenters. The Bertz CT molecular complexity index is 920. The van der Waals surface area contributed by atoms with Crippen LogP contribution < -0.4 is 0 Å². The average molecular weight is 366 g/mol. The molecule has 0 aliphatic carbocycles. The molecule has 2 aromatic carbocycles. The van der Waals surface area contributed by atoms with E-state index < -0.39 is 0 Å². The molecule has 0 radical (unpaired) electrons. The van der Waals surface area contributed by atoms with Crippen molar-refractivity contribution in [1.29, 1.82) is 0 Å². The fourth-order valence-electron chi connectivity index (χ4n) is 3.42. The van der Waals surface area contributed by atoms with Crippen molar-refractivity contribution in [2.75, 3.05) is 0 Å². The minimum atomic E-state index is -0.389. The van der Waals surface area contributed by atoms with E-state index in [9.17, 15) is 10.1 Å². The number of non-ortho nitro benzene ring substituents is 1. The van der Waals surface area contributed by atoms with Crippen molar-refractivity contribution in [3.63, 3.8) is 0 Å². The molecule has 2 atom stereocenters. The van der Waals surface area contributed by atoms with Gasteiger partial charge in [0.1, 0.15) is 11.0 Å². The molecule has 6 heteroatoms. The highest BCUT2D eigenvalue weighted by molar-refractivity contribution is 6.31. The van der Waals surface area contributed by atoms with Gasteiger partial charge in [0.25, 0.3) is 5.69 Å². The number of rotatable bonds is 3. The van der Waals surface area contributed by atoms with Gasteiger partial charge in [-0.25, -0.2) is 0 Å². The predicted octanol–water partition coefficient (Wildman–Crippen LogP) is 5.13. The molecule has 2 aromatic rings. The van der Waals surface area contributed by atoms with Crippen molar-refractivity contribution in [1.82, 2.24) is 4.90 Å². The molecule has 2 heterocycles. The lowest BCUT2D eigenvalue weighted by molar-refractivity contribution is -0.384. The minimum absolute atomic E-state index is 0.0533. The van der Waals surface area contributed by atoms with Gasteiger partial charge in [-0.2, -0.15) is 0 Å². The van der Waals surface area contributed by atoms with Crippen LogP contribution in [0.25, 0.3) is 0 Å². The van der Waals surface area contributed by atoms with Gasteiger partial charge in [-0.1, -0.05) is 60.1 Å². The lowest BCUT2D eigenvalue weighted by atomic mass is 9.91. The topological polar surface area (TPSA) is 58.7 Å². The lowest BCUT2D eigenvalue weighted by Gasteiger charge is -2.40. The second-order valence-corrected chi connectivity index (χ2v) is 6.62. The maximum atomic E-state index is 10.9. The Morgan fingerprint density at radius 3 is 2.50 bits per heavy atom. The van der Waals surface area contributed by atoms with E-state index >= 15 is 0 Å². The maximum absolute atomic E-state index is 10.9. The van der Waals surface area contributed by atoms with Crippen LogP contribution in [0.1, 0.15) is 29.6 Å². The van der Waals surface area contributed by atoms with E-state index in [1.165, 1.54) is 12.1 Å². The standard InChI is InChI=1S/C20H16ClN3O2/c21-19-7-4-8-20-22-17(14-9-11-16(12-10-14)24(25)26)13-18(23(19)20)15-5-2-1-3-6-15/h1-12,17-18H,13H2. The Kier molecular flexibility index (Phi) is 4.31. The predicted molar refractivity (Wildman–Crippen MR) is 102 cm³/mol. The second-order valence-electron chi connectivity index (χ2n) is 6.23. The van der Waals surface area contributed by atoms with E-state index in [-0.39, 0.29) is 22.7 Å². The molecule has 2 aliphatic rings. The number of halogens is 1. The van der Waals surface area contributed by atoms with Gasteiger partial charge in [0.2, 0.25) is 0 Å². The summed E-state index contributed by atoms with van der Waals surface area (Å²) < 4.78 is 0. The number of fused-ring (bicyclic) bond motifs is 1. The molecule has 0 N–H and O–H groups in total. The summed E-state index contributed by atoms with van der Waals surface area (Å²) in [6.45, 7) is 0. The first-order valence-corrected chi connectivity index (χ1v) is 8.71. The molecule has 5 nitrogen and oxygen atoms in total. The van der Waals surface area contributed by atoms with Crippen molar-refractivity contribution in [3.05, 3.63) is 99.2 Å². The van der Waals surface area contributed by atoms with Crippen LogP contribution in [-0.4, -0.2) is 15.7 Å². The van der Waals surface area contributed by atoms with Crippen LogP contribution in [0.2, 0.25) is 0 Å². The SMILES string of the molecule is O=[N+]([O-])c1ccc(C2CC(c3ccccc3)N3C(Cl)=CC=CC3=N2)cc1. The molecule has 0 saturated heterocycles. The normalized spacial score (nSPS) is 21.7. The summed E-state index contributed by atoms with van der Waals surface area (Å²) in [7, 11) is 0. The first-order chi connectivity index (χ1) is 12.6. The Morgan fingerprint density at radius 1 is 1.08 bits per heavy atom. The smallest absolute Gasteiger partial charge is 0.269 e. The summed E-state index contributed by atoms with van der Waals surface area (Å²) in [6, 6.07) is 16.8. The first-order valence-electron chi connectivity index (χ1n) is 8.33. The Balaban J connectivity index is 1.73. The number of hydrogen-bond donors (Lipinski definition) is 0. The molecule has 4 rings (SSSR count). The largest absolute Gasteiger partial charge is 0.309 e. The highest BCUT2D eigenvalue weighted by atomic mass is 35.5. The van der Waals surface area contributed by atoms with Crippen molar-refractivity contribution >= 4 is 23.1 Å². The van der Waals surface area contributed by atoms with Gasteiger partial charge in [-0.3, -0.25) is 15.1 Å². The molecule has 0 aromatic heterocycles. The number of allylic oxidation sites excluding steroid dienone is 2. The molecule has 26 heavy (non-hydrogen) atoms. The van der Waals surface area contributed by atoms with Gasteiger partial charge >= 0.3 is 0 Å². The fourth-order valence-corrected chi connectivity index (χ4v) is 3.69. The van der Waals surface area contributed by atoms with Gasteiger partial charge in [-0.15, -0.1) is 0 Å². The summed E-state index contributed by atoms with van der Waals surface area (Å²) in [6.07, 6.45) is 6.43. The van der Waals surface area contributed by atoms with Crippen LogP contribution in [0.15, 0.2) is 83.0 Å². The highest BCUT2D eigenvalue weighted by Crippen LogP contribution is 2.41. The molecule has 0 spiro atoms. The number of aliphatic imine (C=N–C) groups is 1. The Labute approximate surface area is 156 Å². The van der Waals surface area contributed by atoms with Crippen LogP contribution in [0, 0.1) is 10.1 Å². The molecular weight excluding hydrogens is 350 g/mol. The van der Waals surface area contributed by atoms with E-state index in [4.69, 9.17) is 16.6 Å². The van der Waals surface area contributed by atoms with Gasteiger partial charge < -0.3 is 4.90 Å². The molecule has 0 fully saturated rings. The molecule has 0 bridgehead atoms. The summed E-state index contributed by atoms with van der Waals surface area (Å²) in [5.41, 5.74) is 2.21. The van der Waals surface area contributed by atoms with E-state index in [0.717, 1.165) is 23.4 Å².